The van der Waals surface area contributed by atoms with E-state index in [4.69, 9.17) is 0 Å². The Balaban J connectivity index is 1.97. The molecule has 0 saturated carbocycles. The van der Waals surface area contributed by atoms with Crippen molar-refractivity contribution in [2.24, 2.45) is 0 Å². The van der Waals surface area contributed by atoms with E-state index in [0.29, 0.717) is 18.4 Å². The minimum Gasteiger partial charge on any atom is -0.301 e. The van der Waals surface area contributed by atoms with Crippen LogP contribution < -0.4 is 0 Å². The molecule has 68 valence electrons. The highest BCUT2D eigenvalue weighted by atomic mass is 16.1. The topological polar surface area (TPSA) is 23.6 Å². The Bertz CT molecular complexity index is 193. The standard InChI is InChI=1S/C9H16N2O/c1-2-10-3-4-11-7-9(12)5-8(11)6-10/h8H,2-7H2,1H3. The van der Waals surface area contributed by atoms with E-state index in [1.807, 2.05) is 0 Å². The molecule has 0 amide bonds. The number of hydrogen-bond donors (Lipinski definition) is 0. The molecule has 2 heterocycles. The lowest BCUT2D eigenvalue weighted by atomic mass is 10.1. The van der Waals surface area contributed by atoms with Crippen LogP contribution in [-0.2, 0) is 4.79 Å². The lowest BCUT2D eigenvalue weighted by molar-refractivity contribution is -0.116. The largest absolute Gasteiger partial charge is 0.301 e. The lowest BCUT2D eigenvalue weighted by Crippen LogP contribution is -2.49. The number of hydrogen-bond acceptors (Lipinski definition) is 3. The number of carbonyl (C=O) groups is 1. The van der Waals surface area contributed by atoms with Gasteiger partial charge in [-0.3, -0.25) is 9.69 Å². The molecule has 2 fully saturated rings. The maximum absolute atomic E-state index is 11.1. The van der Waals surface area contributed by atoms with Crippen molar-refractivity contribution in [3.63, 3.8) is 0 Å². The molecule has 0 N–H and O–H groups in total. The molecule has 2 aliphatic heterocycles. The molecule has 3 nitrogen and oxygen atoms in total. The van der Waals surface area contributed by atoms with Gasteiger partial charge in [0.15, 0.2) is 0 Å². The molecular formula is C9H16N2O. The fourth-order valence-electron chi connectivity index (χ4n) is 2.20. The number of likely N-dealkylation sites (N-methyl/N-ethyl adjacent to an activating group) is 1. The van der Waals surface area contributed by atoms with Gasteiger partial charge >= 0.3 is 0 Å². The van der Waals surface area contributed by atoms with Crippen molar-refractivity contribution in [3.05, 3.63) is 0 Å². The zero-order valence-corrected chi connectivity index (χ0v) is 7.62. The van der Waals surface area contributed by atoms with Crippen molar-refractivity contribution in [3.8, 4) is 0 Å². The molecule has 0 radical (unpaired) electrons. The van der Waals surface area contributed by atoms with Crippen molar-refractivity contribution in [2.45, 2.75) is 19.4 Å². The maximum Gasteiger partial charge on any atom is 0.148 e. The molecule has 0 spiro atoms. The van der Waals surface area contributed by atoms with Crippen LogP contribution in [0.15, 0.2) is 0 Å². The monoisotopic (exact) mass is 168 g/mol. The molecule has 2 saturated heterocycles. The molecule has 2 rings (SSSR count). The molecule has 0 aliphatic carbocycles. The van der Waals surface area contributed by atoms with E-state index in [9.17, 15) is 4.79 Å². The van der Waals surface area contributed by atoms with Gasteiger partial charge in [-0.1, -0.05) is 6.92 Å². The SMILES string of the molecule is CCN1CCN2CC(=O)CC2C1. The van der Waals surface area contributed by atoms with Crippen molar-refractivity contribution in [1.82, 2.24) is 9.80 Å². The normalized spacial score (nSPS) is 32.4. The highest BCUT2D eigenvalue weighted by Gasteiger charge is 2.34. The zero-order valence-electron chi connectivity index (χ0n) is 7.62. The molecule has 1 unspecified atom stereocenters. The second kappa shape index (κ2) is 3.15. The summed E-state index contributed by atoms with van der Waals surface area (Å²) in [7, 11) is 0. The number of fused-ring (bicyclic) bond motifs is 1. The minimum atomic E-state index is 0.429. The molecule has 3 heteroatoms. The van der Waals surface area contributed by atoms with E-state index in [0.717, 1.165) is 32.6 Å². The van der Waals surface area contributed by atoms with Crippen molar-refractivity contribution in [1.29, 1.82) is 0 Å². The van der Waals surface area contributed by atoms with Crippen LogP contribution in [0, 0.1) is 0 Å². The Labute approximate surface area is 73.3 Å². The zero-order chi connectivity index (χ0) is 8.55. The number of piperazine rings is 1. The van der Waals surface area contributed by atoms with Crippen molar-refractivity contribution < 1.29 is 4.79 Å². The van der Waals surface area contributed by atoms with E-state index in [1.54, 1.807) is 0 Å². The van der Waals surface area contributed by atoms with Gasteiger partial charge in [-0.15, -0.1) is 0 Å². The molecule has 0 aromatic heterocycles. The van der Waals surface area contributed by atoms with Crippen molar-refractivity contribution >= 4 is 5.78 Å². The second-order valence-corrected chi connectivity index (χ2v) is 3.76. The molecular weight excluding hydrogens is 152 g/mol. The summed E-state index contributed by atoms with van der Waals surface area (Å²) in [6, 6.07) is 0.534. The first-order chi connectivity index (χ1) is 5.79. The van der Waals surface area contributed by atoms with Crippen LogP contribution in [-0.4, -0.2) is 54.3 Å². The van der Waals surface area contributed by atoms with Gasteiger partial charge < -0.3 is 4.90 Å². The van der Waals surface area contributed by atoms with Gasteiger partial charge in [-0.25, -0.2) is 0 Å². The summed E-state index contributed by atoms with van der Waals surface area (Å²) in [5, 5.41) is 0. The van der Waals surface area contributed by atoms with Gasteiger partial charge in [0.2, 0.25) is 0 Å². The molecule has 1 atom stereocenters. The summed E-state index contributed by atoms with van der Waals surface area (Å²) in [5.74, 6) is 0.429. The van der Waals surface area contributed by atoms with Gasteiger partial charge in [-0.05, 0) is 6.54 Å². The lowest BCUT2D eigenvalue weighted by Gasteiger charge is -2.36. The first kappa shape index (κ1) is 8.20. The quantitative estimate of drug-likeness (QED) is 0.549. The molecule has 0 bridgehead atoms. The third kappa shape index (κ3) is 1.39. The average Bonchev–Trinajstić information content (AvgIpc) is 2.43. The summed E-state index contributed by atoms with van der Waals surface area (Å²) in [5.41, 5.74) is 0. The van der Waals surface area contributed by atoms with Gasteiger partial charge in [-0.2, -0.15) is 0 Å². The number of ketones is 1. The van der Waals surface area contributed by atoms with E-state index in [1.165, 1.54) is 0 Å². The first-order valence-electron chi connectivity index (χ1n) is 4.77. The Morgan fingerprint density at radius 2 is 2.33 bits per heavy atom. The van der Waals surface area contributed by atoms with Crippen molar-refractivity contribution in [2.75, 3.05) is 32.7 Å². The fraction of sp³-hybridized carbons (Fsp3) is 0.889. The van der Waals surface area contributed by atoms with E-state index >= 15 is 0 Å². The van der Waals surface area contributed by atoms with Crippen LogP contribution in [0.2, 0.25) is 0 Å². The highest BCUT2D eigenvalue weighted by molar-refractivity contribution is 5.83. The minimum absolute atomic E-state index is 0.429. The van der Waals surface area contributed by atoms with Crippen LogP contribution in [0.5, 0.6) is 0 Å². The molecule has 0 aromatic rings. The van der Waals surface area contributed by atoms with Crippen LogP contribution >= 0.6 is 0 Å². The van der Waals surface area contributed by atoms with E-state index < -0.39 is 0 Å². The summed E-state index contributed by atoms with van der Waals surface area (Å²) in [6.45, 7) is 7.35. The number of carbonyl (C=O) groups excluding carboxylic acids is 1. The summed E-state index contributed by atoms with van der Waals surface area (Å²) in [4.78, 5) is 15.9. The van der Waals surface area contributed by atoms with E-state index in [2.05, 4.69) is 16.7 Å². The van der Waals surface area contributed by atoms with Crippen LogP contribution in [0.4, 0.5) is 0 Å². The summed E-state index contributed by atoms with van der Waals surface area (Å²) in [6.07, 6.45) is 0.788. The number of rotatable bonds is 1. The molecule has 12 heavy (non-hydrogen) atoms. The third-order valence-electron chi connectivity index (χ3n) is 2.98. The number of Topliss-reactive ketones (excluding diaryl/α,β-unsaturated/α-hetero) is 1. The van der Waals surface area contributed by atoms with Gasteiger partial charge in [0.1, 0.15) is 5.78 Å². The molecule has 0 aromatic carbocycles. The van der Waals surface area contributed by atoms with Gasteiger partial charge in [0.05, 0.1) is 6.54 Å². The smallest absolute Gasteiger partial charge is 0.148 e. The Morgan fingerprint density at radius 3 is 3.08 bits per heavy atom. The summed E-state index contributed by atoms with van der Waals surface area (Å²) < 4.78 is 0. The Morgan fingerprint density at radius 1 is 1.50 bits per heavy atom. The number of nitrogens with zero attached hydrogens (tertiary/aromatic N) is 2. The summed E-state index contributed by atoms with van der Waals surface area (Å²) >= 11 is 0. The second-order valence-electron chi connectivity index (χ2n) is 3.76. The van der Waals surface area contributed by atoms with Gasteiger partial charge in [0.25, 0.3) is 0 Å². The maximum atomic E-state index is 11.1. The highest BCUT2D eigenvalue weighted by Crippen LogP contribution is 2.18. The van der Waals surface area contributed by atoms with Crippen LogP contribution in [0.25, 0.3) is 0 Å². The first-order valence-corrected chi connectivity index (χ1v) is 4.77. The third-order valence-corrected chi connectivity index (χ3v) is 2.98. The average molecular weight is 168 g/mol. The van der Waals surface area contributed by atoms with E-state index in [-0.39, 0.29) is 0 Å². The molecule has 2 aliphatic rings. The van der Waals surface area contributed by atoms with Crippen LogP contribution in [0.3, 0.4) is 0 Å². The van der Waals surface area contributed by atoms with Gasteiger partial charge in [0, 0.05) is 32.1 Å². The predicted octanol–water partition coefficient (Wildman–Crippen LogP) is -0.0347. The fourth-order valence-corrected chi connectivity index (χ4v) is 2.20. The Hall–Kier alpha value is -0.410. The Kier molecular flexibility index (Phi) is 2.15. The van der Waals surface area contributed by atoms with Crippen LogP contribution in [0.1, 0.15) is 13.3 Å². The predicted molar refractivity (Wildman–Crippen MR) is 47.1 cm³/mol.